The highest BCUT2D eigenvalue weighted by molar-refractivity contribution is 7.13. The Bertz CT molecular complexity index is 1120. The molecule has 2 N–H and O–H groups in total. The molecular formula is C18H13N5O3S. The third-order valence-corrected chi connectivity index (χ3v) is 5.03. The van der Waals surface area contributed by atoms with Gasteiger partial charge in [0.05, 0.1) is 12.9 Å². The van der Waals surface area contributed by atoms with Crippen LogP contribution < -0.4 is 10.1 Å². The van der Waals surface area contributed by atoms with Crippen molar-refractivity contribution >= 4 is 23.2 Å². The summed E-state index contributed by atoms with van der Waals surface area (Å²) in [5, 5.41) is 11.8. The number of fused-ring (bicyclic) bond motifs is 1. The Morgan fingerprint density at radius 2 is 2.22 bits per heavy atom. The van der Waals surface area contributed by atoms with Crippen molar-refractivity contribution in [2.75, 3.05) is 11.9 Å². The van der Waals surface area contributed by atoms with Crippen molar-refractivity contribution in [3.8, 4) is 27.9 Å². The molecule has 27 heavy (non-hydrogen) atoms. The van der Waals surface area contributed by atoms with Gasteiger partial charge in [0.2, 0.25) is 5.95 Å². The lowest BCUT2D eigenvalue weighted by Gasteiger charge is -2.01. The molecule has 0 unspecified atom stereocenters. The summed E-state index contributed by atoms with van der Waals surface area (Å²) < 4.78 is 10.8. The minimum absolute atomic E-state index is 0.163. The van der Waals surface area contributed by atoms with Crippen molar-refractivity contribution in [2.45, 2.75) is 6.42 Å². The lowest BCUT2D eigenvalue weighted by atomic mass is 10.1. The van der Waals surface area contributed by atoms with E-state index >= 15 is 0 Å². The van der Waals surface area contributed by atoms with Gasteiger partial charge < -0.3 is 9.15 Å². The van der Waals surface area contributed by atoms with Crippen molar-refractivity contribution in [3.05, 3.63) is 53.2 Å². The third kappa shape index (κ3) is 2.97. The van der Waals surface area contributed by atoms with Crippen LogP contribution in [0.25, 0.3) is 22.2 Å². The summed E-state index contributed by atoms with van der Waals surface area (Å²) in [5.41, 5.74) is 2.46. The van der Waals surface area contributed by atoms with E-state index in [0.717, 1.165) is 22.7 Å². The number of nitrogens with zero attached hydrogens (tertiary/aromatic N) is 3. The molecule has 0 atom stereocenters. The van der Waals surface area contributed by atoms with Crippen LogP contribution in [0.15, 0.2) is 46.4 Å². The lowest BCUT2D eigenvalue weighted by Crippen LogP contribution is -2.13. The van der Waals surface area contributed by atoms with Gasteiger partial charge in [0.15, 0.2) is 11.6 Å². The molecular weight excluding hydrogens is 366 g/mol. The zero-order valence-corrected chi connectivity index (χ0v) is 14.7. The predicted molar refractivity (Wildman–Crippen MR) is 98.8 cm³/mol. The molecule has 0 spiro atoms. The molecule has 8 nitrogen and oxygen atoms in total. The molecule has 0 saturated heterocycles. The van der Waals surface area contributed by atoms with Gasteiger partial charge in [-0.15, -0.1) is 16.4 Å². The highest BCUT2D eigenvalue weighted by Crippen LogP contribution is 2.32. The molecule has 0 aliphatic carbocycles. The predicted octanol–water partition coefficient (Wildman–Crippen LogP) is 3.38. The maximum Gasteiger partial charge on any atom is 0.277 e. The number of hydrogen-bond donors (Lipinski definition) is 2. The molecule has 0 fully saturated rings. The number of hydrogen-bond acceptors (Lipinski definition) is 7. The first-order chi connectivity index (χ1) is 13.3. The first kappa shape index (κ1) is 15.8. The van der Waals surface area contributed by atoms with Crippen LogP contribution in [-0.4, -0.2) is 32.7 Å². The van der Waals surface area contributed by atoms with Gasteiger partial charge in [-0.25, -0.2) is 4.98 Å². The first-order valence-corrected chi connectivity index (χ1v) is 9.13. The van der Waals surface area contributed by atoms with Crippen LogP contribution in [0.4, 0.5) is 5.95 Å². The fourth-order valence-electron chi connectivity index (χ4n) is 2.84. The largest absolute Gasteiger partial charge is 0.493 e. The summed E-state index contributed by atoms with van der Waals surface area (Å²) in [4.78, 5) is 21.1. The summed E-state index contributed by atoms with van der Waals surface area (Å²) in [6.45, 7) is 0.709. The summed E-state index contributed by atoms with van der Waals surface area (Å²) in [6, 6.07) is 9.46. The Kier molecular flexibility index (Phi) is 3.72. The SMILES string of the molecule is O=C(Nc1n[nH]c(-c2ccco2)n1)c1csc(-c2ccc3c(c2)CCO3)n1. The first-order valence-electron chi connectivity index (χ1n) is 8.25. The number of anilines is 1. The zero-order chi connectivity index (χ0) is 18.2. The molecule has 5 rings (SSSR count). The quantitative estimate of drug-likeness (QED) is 0.563. The number of carbonyl (C=O) groups is 1. The van der Waals surface area contributed by atoms with Crippen molar-refractivity contribution < 1.29 is 13.9 Å². The average molecular weight is 379 g/mol. The van der Waals surface area contributed by atoms with E-state index in [1.807, 2.05) is 12.1 Å². The second-order valence-electron chi connectivity index (χ2n) is 5.90. The second kappa shape index (κ2) is 6.36. The van der Waals surface area contributed by atoms with Gasteiger partial charge >= 0.3 is 0 Å². The lowest BCUT2D eigenvalue weighted by molar-refractivity contribution is 0.102. The van der Waals surface area contributed by atoms with E-state index in [-0.39, 0.29) is 11.9 Å². The van der Waals surface area contributed by atoms with Crippen LogP contribution in [0.1, 0.15) is 16.1 Å². The number of furan rings is 1. The number of rotatable bonds is 4. The van der Waals surface area contributed by atoms with Crippen molar-refractivity contribution in [2.24, 2.45) is 0 Å². The number of aromatic nitrogens is 4. The molecule has 134 valence electrons. The maximum atomic E-state index is 12.4. The van der Waals surface area contributed by atoms with E-state index in [2.05, 4.69) is 31.5 Å². The van der Waals surface area contributed by atoms with Gasteiger partial charge in [-0.1, -0.05) is 0 Å². The van der Waals surface area contributed by atoms with E-state index in [4.69, 9.17) is 9.15 Å². The van der Waals surface area contributed by atoms with Crippen molar-refractivity contribution in [3.63, 3.8) is 0 Å². The summed E-state index contributed by atoms with van der Waals surface area (Å²) >= 11 is 1.41. The van der Waals surface area contributed by atoms with E-state index < -0.39 is 0 Å². The zero-order valence-electron chi connectivity index (χ0n) is 13.9. The van der Waals surface area contributed by atoms with E-state index in [9.17, 15) is 4.79 Å². The van der Waals surface area contributed by atoms with Gasteiger partial charge in [0, 0.05) is 17.4 Å². The van der Waals surface area contributed by atoms with Crippen molar-refractivity contribution in [1.29, 1.82) is 0 Å². The molecule has 1 aromatic carbocycles. The molecule has 0 saturated carbocycles. The van der Waals surface area contributed by atoms with Crippen LogP contribution in [-0.2, 0) is 6.42 Å². The Balaban J connectivity index is 1.33. The van der Waals surface area contributed by atoms with E-state index in [0.29, 0.717) is 23.9 Å². The van der Waals surface area contributed by atoms with Gasteiger partial charge in [-0.05, 0) is 35.9 Å². The van der Waals surface area contributed by atoms with Crippen molar-refractivity contribution in [1.82, 2.24) is 20.2 Å². The second-order valence-corrected chi connectivity index (χ2v) is 6.76. The fraction of sp³-hybridized carbons (Fsp3) is 0.111. The molecule has 4 heterocycles. The van der Waals surface area contributed by atoms with Crippen LogP contribution in [0.5, 0.6) is 5.75 Å². The summed E-state index contributed by atoms with van der Waals surface area (Å²) in [6.07, 6.45) is 2.43. The van der Waals surface area contributed by atoms with Gasteiger partial charge in [-0.3, -0.25) is 15.2 Å². The van der Waals surface area contributed by atoms with Crippen LogP contribution in [0.2, 0.25) is 0 Å². The van der Waals surface area contributed by atoms with Gasteiger partial charge in [0.1, 0.15) is 16.5 Å². The number of benzene rings is 1. The minimum atomic E-state index is -0.369. The van der Waals surface area contributed by atoms with E-state index in [1.165, 1.54) is 23.2 Å². The van der Waals surface area contributed by atoms with Gasteiger partial charge in [-0.2, -0.15) is 4.98 Å². The molecule has 1 amide bonds. The molecule has 1 aliphatic heterocycles. The normalized spacial score (nSPS) is 12.6. The standard InChI is InChI=1S/C18H13N5O3S/c24-16(21-18-20-15(22-23-18)14-2-1-6-25-14)12-9-27-17(19-12)11-3-4-13-10(8-11)5-7-26-13/h1-4,6,8-9H,5,7H2,(H2,20,21,22,23,24). The van der Waals surface area contributed by atoms with Gasteiger partial charge in [0.25, 0.3) is 5.91 Å². The highest BCUT2D eigenvalue weighted by Gasteiger charge is 2.17. The van der Waals surface area contributed by atoms with Crippen LogP contribution >= 0.6 is 11.3 Å². The summed E-state index contributed by atoms with van der Waals surface area (Å²) in [7, 11) is 0. The number of amides is 1. The van der Waals surface area contributed by atoms with Crippen LogP contribution in [0.3, 0.4) is 0 Å². The third-order valence-electron chi connectivity index (χ3n) is 4.14. The molecule has 0 radical (unpaired) electrons. The number of aromatic amines is 1. The Morgan fingerprint density at radius 1 is 1.26 bits per heavy atom. The van der Waals surface area contributed by atoms with Crippen LogP contribution in [0, 0.1) is 0 Å². The van der Waals surface area contributed by atoms with E-state index in [1.54, 1.807) is 17.5 Å². The number of nitrogens with one attached hydrogen (secondary N) is 2. The molecule has 1 aliphatic rings. The number of H-pyrrole nitrogens is 1. The number of ether oxygens (including phenoxy) is 1. The molecule has 3 aromatic heterocycles. The topological polar surface area (TPSA) is 106 Å². The Labute approximate surface area is 157 Å². The number of thiazole rings is 1. The molecule has 0 bridgehead atoms. The Morgan fingerprint density at radius 3 is 3.11 bits per heavy atom. The maximum absolute atomic E-state index is 12.4. The summed E-state index contributed by atoms with van der Waals surface area (Å²) in [5.74, 6) is 1.70. The minimum Gasteiger partial charge on any atom is -0.493 e. The number of carbonyl (C=O) groups excluding carboxylic acids is 1. The monoisotopic (exact) mass is 379 g/mol. The fourth-order valence-corrected chi connectivity index (χ4v) is 3.63. The molecule has 4 aromatic rings. The smallest absolute Gasteiger partial charge is 0.277 e. The molecule has 9 heteroatoms. The average Bonchev–Trinajstić information content (AvgIpc) is 3.47. The highest BCUT2D eigenvalue weighted by atomic mass is 32.1. The Hall–Kier alpha value is -3.46.